The van der Waals surface area contributed by atoms with E-state index < -0.39 is 28.0 Å². The molecule has 1 aromatic heterocycles. The molecule has 0 spiro atoms. The van der Waals surface area contributed by atoms with Crippen molar-refractivity contribution in [1.29, 1.82) is 0 Å². The Morgan fingerprint density at radius 2 is 2.04 bits per heavy atom. The number of esters is 1. The van der Waals surface area contributed by atoms with Crippen molar-refractivity contribution in [2.75, 3.05) is 11.9 Å². The van der Waals surface area contributed by atoms with Crippen LogP contribution in [0, 0.1) is 6.92 Å². The van der Waals surface area contributed by atoms with Crippen LogP contribution in [0.3, 0.4) is 0 Å². The number of aryl methyl sites for hydroxylation is 1. The first-order valence-electron chi connectivity index (χ1n) is 7.98. The Morgan fingerprint density at radius 3 is 2.70 bits per heavy atom. The molecule has 146 valence electrons. The number of carbonyl (C=O) groups is 2. The molecule has 0 aliphatic rings. The summed E-state index contributed by atoms with van der Waals surface area (Å²) in [7, 11) is -3.64. The van der Waals surface area contributed by atoms with Crippen LogP contribution in [-0.2, 0) is 24.3 Å². The molecule has 0 radical (unpaired) electrons. The van der Waals surface area contributed by atoms with E-state index in [0.29, 0.717) is 10.7 Å². The van der Waals surface area contributed by atoms with Crippen molar-refractivity contribution in [3.8, 4) is 0 Å². The van der Waals surface area contributed by atoms with Crippen LogP contribution in [0.1, 0.15) is 18.9 Å². The van der Waals surface area contributed by atoms with Crippen LogP contribution in [0.5, 0.6) is 0 Å². The molecule has 0 aliphatic heterocycles. The second-order valence-corrected chi connectivity index (χ2v) is 9.04. The second kappa shape index (κ2) is 9.32. The van der Waals surface area contributed by atoms with E-state index in [1.54, 1.807) is 29.6 Å². The zero-order valence-electron chi connectivity index (χ0n) is 14.7. The summed E-state index contributed by atoms with van der Waals surface area (Å²) >= 11 is 6.98. The normalized spacial score (nSPS) is 12.4. The number of hydrogen-bond acceptors (Lipinski definition) is 6. The lowest BCUT2D eigenvalue weighted by atomic mass is 10.2. The van der Waals surface area contributed by atoms with Gasteiger partial charge >= 0.3 is 5.97 Å². The van der Waals surface area contributed by atoms with Gasteiger partial charge in [-0.1, -0.05) is 23.7 Å². The summed E-state index contributed by atoms with van der Waals surface area (Å²) < 4.78 is 31.4. The van der Waals surface area contributed by atoms with Crippen LogP contribution < -0.4 is 10.0 Å². The van der Waals surface area contributed by atoms with Gasteiger partial charge in [-0.15, -0.1) is 11.3 Å². The van der Waals surface area contributed by atoms with Gasteiger partial charge in [0.05, 0.1) is 6.42 Å². The molecule has 0 saturated carbocycles. The molecule has 2 rings (SSSR count). The largest absolute Gasteiger partial charge is 0.452 e. The number of benzene rings is 1. The molecule has 2 N–H and O–H groups in total. The van der Waals surface area contributed by atoms with Gasteiger partial charge in [0.15, 0.2) is 6.10 Å². The van der Waals surface area contributed by atoms with E-state index in [2.05, 4.69) is 10.0 Å². The Labute approximate surface area is 166 Å². The molecular formula is C17H19ClN2O5S2. The van der Waals surface area contributed by atoms with Crippen molar-refractivity contribution in [3.63, 3.8) is 0 Å². The number of hydrogen-bond donors (Lipinski definition) is 2. The van der Waals surface area contributed by atoms with Gasteiger partial charge in [-0.3, -0.25) is 9.59 Å². The lowest BCUT2D eigenvalue weighted by molar-refractivity contribution is -0.152. The molecule has 10 heteroatoms. The SMILES string of the molecule is Cc1ccc(Cl)cc1NC(=O)[C@H](C)OC(=O)CCNS(=O)(=O)c1cccs1. The fourth-order valence-electron chi connectivity index (χ4n) is 2.05. The van der Waals surface area contributed by atoms with E-state index in [9.17, 15) is 18.0 Å². The Hall–Kier alpha value is -1.94. The summed E-state index contributed by atoms with van der Waals surface area (Å²) in [5.74, 6) is -1.19. The highest BCUT2D eigenvalue weighted by atomic mass is 35.5. The van der Waals surface area contributed by atoms with E-state index in [1.165, 1.54) is 13.0 Å². The Bertz CT molecular complexity index is 913. The average molecular weight is 431 g/mol. The zero-order valence-corrected chi connectivity index (χ0v) is 17.1. The maximum absolute atomic E-state index is 12.2. The van der Waals surface area contributed by atoms with Crippen LogP contribution >= 0.6 is 22.9 Å². The summed E-state index contributed by atoms with van der Waals surface area (Å²) in [5, 5.41) is 4.76. The first-order chi connectivity index (χ1) is 12.7. The number of halogens is 1. The average Bonchev–Trinajstić information content (AvgIpc) is 3.13. The molecule has 0 fully saturated rings. The number of ether oxygens (including phenoxy) is 1. The molecule has 0 saturated heterocycles. The van der Waals surface area contributed by atoms with E-state index in [4.69, 9.17) is 16.3 Å². The minimum atomic E-state index is -3.64. The lowest BCUT2D eigenvalue weighted by Gasteiger charge is -2.15. The predicted octanol–water partition coefficient (Wildman–Crippen LogP) is 2.95. The van der Waals surface area contributed by atoms with Crippen LogP contribution in [0.25, 0.3) is 0 Å². The smallest absolute Gasteiger partial charge is 0.307 e. The molecule has 0 aliphatic carbocycles. The van der Waals surface area contributed by atoms with E-state index in [1.807, 2.05) is 6.92 Å². The van der Waals surface area contributed by atoms with E-state index in [-0.39, 0.29) is 17.2 Å². The number of thiophene rings is 1. The van der Waals surface area contributed by atoms with Gasteiger partial charge in [0.1, 0.15) is 4.21 Å². The number of rotatable bonds is 8. The molecule has 1 heterocycles. The highest BCUT2D eigenvalue weighted by Crippen LogP contribution is 2.20. The van der Waals surface area contributed by atoms with Crippen molar-refractivity contribution in [1.82, 2.24) is 4.72 Å². The fourth-order valence-corrected chi connectivity index (χ4v) is 4.29. The molecule has 27 heavy (non-hydrogen) atoms. The maximum atomic E-state index is 12.2. The van der Waals surface area contributed by atoms with Gasteiger partial charge in [0, 0.05) is 17.3 Å². The van der Waals surface area contributed by atoms with Gasteiger partial charge in [-0.05, 0) is 43.0 Å². The van der Waals surface area contributed by atoms with Crippen molar-refractivity contribution < 1.29 is 22.7 Å². The summed E-state index contributed by atoms with van der Waals surface area (Å²) in [4.78, 5) is 24.0. The summed E-state index contributed by atoms with van der Waals surface area (Å²) in [6.45, 7) is 3.12. The van der Waals surface area contributed by atoms with Crippen LogP contribution in [0.15, 0.2) is 39.9 Å². The first-order valence-corrected chi connectivity index (χ1v) is 10.7. The standard InChI is InChI=1S/C17H19ClN2O5S2/c1-11-5-6-13(18)10-14(11)20-17(22)12(2)25-15(21)7-8-19-27(23,24)16-4-3-9-26-16/h3-6,9-10,12,19H,7-8H2,1-2H3,(H,20,22)/t12-/m0/s1. The van der Waals surface area contributed by atoms with Crippen LogP contribution in [0.2, 0.25) is 5.02 Å². The van der Waals surface area contributed by atoms with Gasteiger partial charge in [-0.25, -0.2) is 13.1 Å². The highest BCUT2D eigenvalue weighted by Gasteiger charge is 2.20. The quantitative estimate of drug-likeness (QED) is 0.627. The maximum Gasteiger partial charge on any atom is 0.307 e. The van der Waals surface area contributed by atoms with Crippen molar-refractivity contribution in [2.24, 2.45) is 0 Å². The summed E-state index contributed by atoms with van der Waals surface area (Å²) in [5.41, 5.74) is 1.34. The molecular weight excluding hydrogens is 412 g/mol. The molecule has 1 atom stereocenters. The molecule has 1 aromatic carbocycles. The van der Waals surface area contributed by atoms with Crippen LogP contribution in [-0.4, -0.2) is 32.9 Å². The number of anilines is 1. The van der Waals surface area contributed by atoms with Crippen molar-refractivity contribution in [2.45, 2.75) is 30.6 Å². The molecule has 1 amide bonds. The third-order valence-corrected chi connectivity index (χ3v) is 6.61. The van der Waals surface area contributed by atoms with Crippen molar-refractivity contribution in [3.05, 3.63) is 46.3 Å². The molecule has 7 nitrogen and oxygen atoms in total. The third-order valence-electron chi connectivity index (χ3n) is 3.52. The van der Waals surface area contributed by atoms with Gasteiger partial charge in [0.2, 0.25) is 10.0 Å². The molecule has 0 bridgehead atoms. The molecule has 2 aromatic rings. The number of sulfonamides is 1. The summed E-state index contributed by atoms with van der Waals surface area (Å²) in [6, 6.07) is 8.15. The Kier molecular flexibility index (Phi) is 7.37. The van der Waals surface area contributed by atoms with Crippen LogP contribution in [0.4, 0.5) is 5.69 Å². The van der Waals surface area contributed by atoms with Gasteiger partial charge < -0.3 is 10.1 Å². The van der Waals surface area contributed by atoms with Crippen molar-refractivity contribution >= 4 is 50.5 Å². The minimum absolute atomic E-state index is 0.124. The minimum Gasteiger partial charge on any atom is -0.452 e. The lowest BCUT2D eigenvalue weighted by Crippen LogP contribution is -2.32. The van der Waals surface area contributed by atoms with Gasteiger partial charge in [-0.2, -0.15) is 0 Å². The third kappa shape index (κ3) is 6.31. The molecule has 0 unspecified atom stereocenters. The number of amides is 1. The first kappa shape index (κ1) is 21.4. The van der Waals surface area contributed by atoms with E-state index in [0.717, 1.165) is 16.9 Å². The van der Waals surface area contributed by atoms with E-state index >= 15 is 0 Å². The predicted molar refractivity (Wildman–Crippen MR) is 104 cm³/mol. The second-order valence-electron chi connectivity index (χ2n) is 5.66. The Balaban J connectivity index is 1.81. The Morgan fingerprint density at radius 1 is 1.30 bits per heavy atom. The monoisotopic (exact) mass is 430 g/mol. The van der Waals surface area contributed by atoms with Gasteiger partial charge in [0.25, 0.3) is 5.91 Å². The zero-order chi connectivity index (χ0) is 20.0. The number of carbonyl (C=O) groups excluding carboxylic acids is 2. The summed E-state index contributed by atoms with van der Waals surface area (Å²) in [6.07, 6.45) is -1.23. The highest BCUT2D eigenvalue weighted by molar-refractivity contribution is 7.91. The fraction of sp³-hybridized carbons (Fsp3) is 0.294. The topological polar surface area (TPSA) is 102 Å². The number of nitrogens with one attached hydrogen (secondary N) is 2.